The molecule has 0 bridgehead atoms. The van der Waals surface area contributed by atoms with E-state index in [0.717, 1.165) is 40.2 Å². The zero-order chi connectivity index (χ0) is 23.5. The van der Waals surface area contributed by atoms with Gasteiger partial charge in [-0.1, -0.05) is 71.7 Å². The van der Waals surface area contributed by atoms with Gasteiger partial charge in [-0.05, 0) is 52.0 Å². The van der Waals surface area contributed by atoms with Gasteiger partial charge in [0.05, 0.1) is 17.6 Å². The molecule has 1 atom stereocenters. The van der Waals surface area contributed by atoms with E-state index in [1.807, 2.05) is 29.3 Å². The molecule has 172 valence electrons. The van der Waals surface area contributed by atoms with Crippen LogP contribution >= 0.6 is 23.3 Å². The fourth-order valence-corrected chi connectivity index (χ4v) is 5.10. The van der Waals surface area contributed by atoms with Gasteiger partial charge in [0, 0.05) is 5.56 Å². The molecule has 2 aromatic carbocycles. The number of aliphatic imine (C=N–C) groups is 1. The van der Waals surface area contributed by atoms with Gasteiger partial charge < -0.3 is 0 Å². The van der Waals surface area contributed by atoms with Crippen LogP contribution in [-0.2, 0) is 6.54 Å². The van der Waals surface area contributed by atoms with Gasteiger partial charge in [-0.15, -0.1) is 10.2 Å². The quantitative estimate of drug-likeness (QED) is 0.415. The molecule has 12 heteroatoms. The molecule has 34 heavy (non-hydrogen) atoms. The zero-order valence-corrected chi connectivity index (χ0v) is 20.1. The first-order chi connectivity index (χ1) is 16.6. The summed E-state index contributed by atoms with van der Waals surface area (Å²) < 4.78 is 3.84. The number of aromatic amines is 1. The molecule has 3 heterocycles. The van der Waals surface area contributed by atoms with E-state index in [9.17, 15) is 4.79 Å². The first-order valence-corrected chi connectivity index (χ1v) is 12.3. The van der Waals surface area contributed by atoms with Crippen molar-refractivity contribution in [1.82, 2.24) is 40.6 Å². The number of rotatable bonds is 6. The summed E-state index contributed by atoms with van der Waals surface area (Å²) in [6, 6.07) is 16.3. The van der Waals surface area contributed by atoms with Gasteiger partial charge in [-0.25, -0.2) is 10.5 Å². The first-order valence-electron chi connectivity index (χ1n) is 10.7. The van der Waals surface area contributed by atoms with Crippen LogP contribution < -0.4 is 5.43 Å². The molecular weight excluding hydrogens is 470 g/mol. The third-order valence-corrected chi connectivity index (χ3v) is 7.39. The lowest BCUT2D eigenvalue weighted by atomic mass is 9.98. The van der Waals surface area contributed by atoms with Crippen LogP contribution in [0.15, 0.2) is 53.5 Å². The lowest BCUT2D eigenvalue weighted by Gasteiger charge is -2.19. The predicted molar refractivity (Wildman–Crippen MR) is 132 cm³/mol. The number of hydrazine groups is 1. The van der Waals surface area contributed by atoms with E-state index in [2.05, 4.69) is 71.8 Å². The number of amides is 1. The number of nitrogens with one attached hydrogen (secondary N) is 2. The van der Waals surface area contributed by atoms with Gasteiger partial charge in [0.15, 0.2) is 11.0 Å². The maximum Gasteiger partial charge on any atom is 0.293 e. The third kappa shape index (κ3) is 4.60. The summed E-state index contributed by atoms with van der Waals surface area (Å²) in [6.07, 6.45) is 0.904. The fourth-order valence-electron chi connectivity index (χ4n) is 3.57. The molecule has 1 aliphatic rings. The van der Waals surface area contributed by atoms with Crippen molar-refractivity contribution in [2.45, 2.75) is 32.2 Å². The first kappa shape index (κ1) is 22.3. The third-order valence-electron chi connectivity index (χ3n) is 5.33. The largest absolute Gasteiger partial charge is 0.293 e. The minimum Gasteiger partial charge on any atom is -0.281 e. The highest BCUT2D eigenvalue weighted by Gasteiger charge is 2.29. The molecule has 0 saturated carbocycles. The summed E-state index contributed by atoms with van der Waals surface area (Å²) in [6.45, 7) is 4.44. The van der Waals surface area contributed by atoms with Crippen molar-refractivity contribution >= 4 is 34.4 Å². The SMILES string of the molecule is CCC1NN(Cc2ccc(-c3ccccc3-c3nnn[nH]3)cc2)C(=NC(=O)c2snnc2C)S1. The molecule has 1 aliphatic heterocycles. The Balaban J connectivity index is 1.36. The molecule has 0 radical (unpaired) electrons. The molecule has 2 aromatic heterocycles. The molecule has 4 aromatic rings. The van der Waals surface area contributed by atoms with Crippen LogP contribution in [0.1, 0.15) is 34.3 Å². The van der Waals surface area contributed by atoms with E-state index in [-0.39, 0.29) is 11.3 Å². The Labute approximate surface area is 204 Å². The van der Waals surface area contributed by atoms with Gasteiger partial charge in [0.1, 0.15) is 4.88 Å². The van der Waals surface area contributed by atoms with Crippen LogP contribution in [0.3, 0.4) is 0 Å². The summed E-state index contributed by atoms with van der Waals surface area (Å²) in [5.74, 6) is 0.313. The van der Waals surface area contributed by atoms with E-state index in [4.69, 9.17) is 0 Å². The number of benzene rings is 2. The van der Waals surface area contributed by atoms with Crippen LogP contribution in [0, 0.1) is 6.92 Å². The maximum atomic E-state index is 12.7. The number of tetrazole rings is 1. The molecule has 1 saturated heterocycles. The smallest absolute Gasteiger partial charge is 0.281 e. The van der Waals surface area contributed by atoms with Crippen LogP contribution in [0.5, 0.6) is 0 Å². The zero-order valence-electron chi connectivity index (χ0n) is 18.5. The second-order valence-corrected chi connectivity index (χ2v) is 9.53. The lowest BCUT2D eigenvalue weighted by molar-refractivity contribution is 0.100. The number of amidine groups is 1. The number of hydrogen-bond donors (Lipinski definition) is 2. The Bertz CT molecular complexity index is 1320. The van der Waals surface area contributed by atoms with E-state index < -0.39 is 0 Å². The monoisotopic (exact) mass is 491 g/mol. The van der Waals surface area contributed by atoms with Gasteiger partial charge in [0.2, 0.25) is 0 Å². The summed E-state index contributed by atoms with van der Waals surface area (Å²) in [4.78, 5) is 17.5. The molecule has 1 unspecified atom stereocenters. The molecule has 10 nitrogen and oxygen atoms in total. The number of hydrogen-bond acceptors (Lipinski definition) is 9. The van der Waals surface area contributed by atoms with Crippen molar-refractivity contribution in [3.05, 3.63) is 64.7 Å². The molecule has 0 aliphatic carbocycles. The van der Waals surface area contributed by atoms with Crippen molar-refractivity contribution in [3.8, 4) is 22.5 Å². The second kappa shape index (κ2) is 9.79. The van der Waals surface area contributed by atoms with Crippen LogP contribution in [0.2, 0.25) is 0 Å². The maximum absolute atomic E-state index is 12.7. The average molecular weight is 492 g/mol. The molecule has 1 fully saturated rings. The minimum atomic E-state index is -0.313. The van der Waals surface area contributed by atoms with Crippen LogP contribution in [0.4, 0.5) is 0 Å². The van der Waals surface area contributed by atoms with Crippen LogP contribution in [0.25, 0.3) is 22.5 Å². The number of thioether (sulfide) groups is 1. The Kier molecular flexibility index (Phi) is 6.43. The fraction of sp³-hybridized carbons (Fsp3) is 0.227. The highest BCUT2D eigenvalue weighted by molar-refractivity contribution is 8.14. The standard InChI is InChI=1S/C22H21N9OS2/c1-3-18-27-31(22(33-18)23-21(32)19-13(2)24-30-34-19)12-14-8-10-15(11-9-14)16-6-4-5-7-17(16)20-25-28-29-26-20/h4-11,18,27H,3,12H2,1-2H3,(H,25,26,28,29). The topological polar surface area (TPSA) is 125 Å². The lowest BCUT2D eigenvalue weighted by Crippen LogP contribution is -2.37. The number of carbonyl (C=O) groups is 1. The van der Waals surface area contributed by atoms with E-state index in [1.165, 1.54) is 0 Å². The van der Waals surface area contributed by atoms with Gasteiger partial charge in [0.25, 0.3) is 5.91 Å². The molecule has 0 spiro atoms. The second-order valence-electron chi connectivity index (χ2n) is 7.61. The number of H-pyrrole nitrogens is 1. The Hall–Kier alpha value is -3.48. The summed E-state index contributed by atoms with van der Waals surface area (Å²) >= 11 is 2.63. The van der Waals surface area contributed by atoms with Gasteiger partial charge in [-0.3, -0.25) is 9.80 Å². The van der Waals surface area contributed by atoms with Gasteiger partial charge >= 0.3 is 0 Å². The van der Waals surface area contributed by atoms with E-state index in [1.54, 1.807) is 18.7 Å². The Morgan fingerprint density at radius 2 is 1.91 bits per heavy atom. The predicted octanol–water partition coefficient (Wildman–Crippen LogP) is 3.68. The van der Waals surface area contributed by atoms with Crippen molar-refractivity contribution in [1.29, 1.82) is 0 Å². The Morgan fingerprint density at radius 3 is 2.59 bits per heavy atom. The Morgan fingerprint density at radius 1 is 1.12 bits per heavy atom. The van der Waals surface area contributed by atoms with Crippen LogP contribution in [-0.4, -0.2) is 51.7 Å². The molecule has 1 amide bonds. The van der Waals surface area contributed by atoms with E-state index >= 15 is 0 Å². The molecule has 2 N–H and O–H groups in total. The van der Waals surface area contributed by atoms with Crippen molar-refractivity contribution in [2.75, 3.05) is 0 Å². The summed E-state index contributed by atoms with van der Waals surface area (Å²) in [5, 5.41) is 20.9. The minimum absolute atomic E-state index is 0.161. The average Bonchev–Trinajstić information content (AvgIpc) is 3.62. The normalized spacial score (nSPS) is 16.9. The van der Waals surface area contributed by atoms with E-state index in [0.29, 0.717) is 28.1 Å². The van der Waals surface area contributed by atoms with Crippen molar-refractivity contribution in [3.63, 3.8) is 0 Å². The number of carbonyl (C=O) groups excluding carboxylic acids is 1. The van der Waals surface area contributed by atoms with Gasteiger partial charge in [-0.2, -0.15) is 4.99 Å². The van der Waals surface area contributed by atoms with Crippen molar-refractivity contribution in [2.24, 2.45) is 4.99 Å². The molecule has 5 rings (SSSR count). The highest BCUT2D eigenvalue weighted by atomic mass is 32.2. The number of nitrogens with zero attached hydrogens (tertiary/aromatic N) is 7. The summed E-state index contributed by atoms with van der Waals surface area (Å²) in [5.41, 5.74) is 8.16. The highest BCUT2D eigenvalue weighted by Crippen LogP contribution is 2.31. The summed E-state index contributed by atoms with van der Waals surface area (Å²) in [7, 11) is 0. The van der Waals surface area contributed by atoms with Crippen molar-refractivity contribution < 1.29 is 4.79 Å². The number of aryl methyl sites for hydroxylation is 1. The number of aromatic nitrogens is 6. The molecular formula is C22H21N9OS2.